The minimum absolute atomic E-state index is 0.147. The van der Waals surface area contributed by atoms with Gasteiger partial charge >= 0.3 is 6.03 Å². The number of rotatable bonds is 6. The molecular formula is C24H26F2N4O2. The molecule has 3 aliphatic heterocycles. The molecule has 2 atom stereocenters. The predicted molar refractivity (Wildman–Crippen MR) is 117 cm³/mol. The molecule has 3 aliphatic rings. The number of piperidine rings is 1. The third-order valence-corrected chi connectivity index (χ3v) is 6.77. The normalized spacial score (nSPS) is 22.8. The standard InChI is InChI=1S/C24H26F2N4O2/c25-16-3-6-18(7-4-16)30-21-8-5-17(26)13-19(21)20-14-28(12-9-22(20)30)10-1-2-11-29-15-23(31)27-24(29)32/h3-8,13,20,22H,1-2,9-12,14-15H2,(H,27,31,32)/t20-,22+/m0/s1. The van der Waals surface area contributed by atoms with Crippen molar-refractivity contribution >= 4 is 23.3 Å². The van der Waals surface area contributed by atoms with Crippen molar-refractivity contribution in [2.45, 2.75) is 31.2 Å². The summed E-state index contributed by atoms with van der Waals surface area (Å²) in [5.41, 5.74) is 2.94. The number of halogens is 2. The Morgan fingerprint density at radius 2 is 1.72 bits per heavy atom. The quantitative estimate of drug-likeness (QED) is 0.551. The van der Waals surface area contributed by atoms with Crippen molar-refractivity contribution in [3.05, 3.63) is 59.7 Å². The summed E-state index contributed by atoms with van der Waals surface area (Å²) >= 11 is 0. The van der Waals surface area contributed by atoms with E-state index < -0.39 is 0 Å². The fourth-order valence-corrected chi connectivity index (χ4v) is 5.28. The zero-order chi connectivity index (χ0) is 22.2. The molecule has 3 heterocycles. The fourth-order valence-electron chi connectivity index (χ4n) is 5.28. The molecule has 0 radical (unpaired) electrons. The Morgan fingerprint density at radius 1 is 0.969 bits per heavy atom. The van der Waals surface area contributed by atoms with E-state index in [9.17, 15) is 18.4 Å². The molecule has 5 rings (SSSR count). The largest absolute Gasteiger partial charge is 0.337 e. The summed E-state index contributed by atoms with van der Waals surface area (Å²) < 4.78 is 27.6. The highest BCUT2D eigenvalue weighted by atomic mass is 19.1. The Bertz CT molecular complexity index is 1030. The summed E-state index contributed by atoms with van der Waals surface area (Å²) in [5, 5.41) is 2.30. The molecule has 8 heteroatoms. The van der Waals surface area contributed by atoms with Gasteiger partial charge < -0.3 is 14.7 Å². The lowest BCUT2D eigenvalue weighted by atomic mass is 9.89. The number of anilines is 2. The molecule has 2 aromatic rings. The van der Waals surface area contributed by atoms with Crippen molar-refractivity contribution in [1.82, 2.24) is 15.1 Å². The van der Waals surface area contributed by atoms with Gasteiger partial charge in [-0.15, -0.1) is 0 Å². The van der Waals surface area contributed by atoms with Crippen LogP contribution in [0.3, 0.4) is 0 Å². The van der Waals surface area contributed by atoms with E-state index >= 15 is 0 Å². The SMILES string of the molecule is O=C1CN(CCCCN2CC[C@@H]3[C@@H](C2)c2cc(F)ccc2N3c2ccc(F)cc2)C(=O)N1. The number of amides is 3. The molecule has 1 N–H and O–H groups in total. The number of hydrogen-bond acceptors (Lipinski definition) is 4. The van der Waals surface area contributed by atoms with Crippen LogP contribution in [0.15, 0.2) is 42.5 Å². The minimum Gasteiger partial charge on any atom is -0.337 e. The Balaban J connectivity index is 1.25. The molecular weight excluding hydrogens is 414 g/mol. The molecule has 0 aliphatic carbocycles. The second-order valence-electron chi connectivity index (χ2n) is 8.79. The van der Waals surface area contributed by atoms with E-state index in [-0.39, 0.29) is 42.1 Å². The summed E-state index contributed by atoms with van der Waals surface area (Å²) in [7, 11) is 0. The van der Waals surface area contributed by atoms with Gasteiger partial charge in [0, 0.05) is 43.0 Å². The number of likely N-dealkylation sites (tertiary alicyclic amines) is 1. The summed E-state index contributed by atoms with van der Waals surface area (Å²) in [6.07, 6.45) is 2.69. The van der Waals surface area contributed by atoms with Gasteiger partial charge in [-0.2, -0.15) is 0 Å². The average Bonchev–Trinajstić information content (AvgIpc) is 3.27. The van der Waals surface area contributed by atoms with Gasteiger partial charge in [-0.3, -0.25) is 10.1 Å². The highest BCUT2D eigenvalue weighted by molar-refractivity contribution is 6.01. The zero-order valence-electron chi connectivity index (χ0n) is 17.8. The van der Waals surface area contributed by atoms with Crippen LogP contribution >= 0.6 is 0 Å². The molecule has 2 aromatic carbocycles. The van der Waals surface area contributed by atoms with Crippen LogP contribution in [0.4, 0.5) is 25.0 Å². The van der Waals surface area contributed by atoms with Crippen LogP contribution in [0.2, 0.25) is 0 Å². The molecule has 0 aromatic heterocycles. The monoisotopic (exact) mass is 440 g/mol. The first-order chi connectivity index (χ1) is 15.5. The lowest BCUT2D eigenvalue weighted by Crippen LogP contribution is -2.45. The van der Waals surface area contributed by atoms with Crippen molar-refractivity contribution in [2.24, 2.45) is 0 Å². The van der Waals surface area contributed by atoms with Crippen LogP contribution in [0.25, 0.3) is 0 Å². The number of carbonyl (C=O) groups excluding carboxylic acids is 2. The van der Waals surface area contributed by atoms with E-state index in [1.54, 1.807) is 23.1 Å². The van der Waals surface area contributed by atoms with Crippen molar-refractivity contribution in [3.8, 4) is 0 Å². The smallest absolute Gasteiger partial charge is 0.324 e. The number of urea groups is 1. The fraction of sp³-hybridized carbons (Fsp3) is 0.417. The van der Waals surface area contributed by atoms with Gasteiger partial charge in [-0.25, -0.2) is 13.6 Å². The van der Waals surface area contributed by atoms with Crippen LogP contribution in [0.5, 0.6) is 0 Å². The molecule has 168 valence electrons. The molecule has 0 unspecified atom stereocenters. The maximum atomic E-state index is 14.1. The van der Waals surface area contributed by atoms with Crippen LogP contribution in [0.1, 0.15) is 30.7 Å². The van der Waals surface area contributed by atoms with E-state index in [4.69, 9.17) is 0 Å². The molecule has 2 saturated heterocycles. The van der Waals surface area contributed by atoms with E-state index in [2.05, 4.69) is 15.1 Å². The third kappa shape index (κ3) is 3.95. The minimum atomic E-state index is -0.304. The number of benzene rings is 2. The number of nitrogens with zero attached hydrogens (tertiary/aromatic N) is 3. The summed E-state index contributed by atoms with van der Waals surface area (Å²) in [6, 6.07) is 11.4. The van der Waals surface area contributed by atoms with E-state index in [1.165, 1.54) is 18.2 Å². The van der Waals surface area contributed by atoms with Crippen molar-refractivity contribution < 1.29 is 18.4 Å². The Labute approximate surface area is 185 Å². The summed E-state index contributed by atoms with van der Waals surface area (Å²) in [4.78, 5) is 29.1. The van der Waals surface area contributed by atoms with Gasteiger partial charge in [0.15, 0.2) is 0 Å². The van der Waals surface area contributed by atoms with Gasteiger partial charge in [0.2, 0.25) is 5.91 Å². The number of nitrogens with one attached hydrogen (secondary N) is 1. The predicted octanol–water partition coefficient (Wildman–Crippen LogP) is 3.61. The highest BCUT2D eigenvalue weighted by Gasteiger charge is 2.42. The Morgan fingerprint density at radius 3 is 2.47 bits per heavy atom. The first-order valence-corrected chi connectivity index (χ1v) is 11.1. The number of carbonyl (C=O) groups is 2. The first kappa shape index (κ1) is 20.9. The maximum Gasteiger partial charge on any atom is 0.324 e. The lowest BCUT2D eigenvalue weighted by Gasteiger charge is -2.39. The van der Waals surface area contributed by atoms with Gasteiger partial charge in [0.25, 0.3) is 0 Å². The second kappa shape index (κ2) is 8.50. The second-order valence-corrected chi connectivity index (χ2v) is 8.79. The Kier molecular flexibility index (Phi) is 5.55. The molecule has 32 heavy (non-hydrogen) atoms. The number of fused-ring (bicyclic) bond motifs is 3. The van der Waals surface area contributed by atoms with Crippen molar-refractivity contribution in [1.29, 1.82) is 0 Å². The molecule has 0 saturated carbocycles. The number of imide groups is 1. The number of hydrogen-bond donors (Lipinski definition) is 1. The van der Waals surface area contributed by atoms with Gasteiger partial charge in [-0.1, -0.05) is 0 Å². The van der Waals surface area contributed by atoms with Crippen LogP contribution in [-0.4, -0.2) is 60.5 Å². The molecule has 3 amide bonds. The van der Waals surface area contributed by atoms with Gasteiger partial charge in [0.05, 0.1) is 0 Å². The third-order valence-electron chi connectivity index (χ3n) is 6.77. The van der Waals surface area contributed by atoms with Crippen LogP contribution < -0.4 is 10.2 Å². The van der Waals surface area contributed by atoms with Crippen molar-refractivity contribution in [2.75, 3.05) is 37.6 Å². The van der Waals surface area contributed by atoms with Crippen LogP contribution in [0, 0.1) is 11.6 Å². The highest BCUT2D eigenvalue weighted by Crippen LogP contribution is 2.48. The van der Waals surface area contributed by atoms with Gasteiger partial charge in [0.1, 0.15) is 18.2 Å². The summed E-state index contributed by atoms with van der Waals surface area (Å²) in [5.74, 6) is -0.565. The zero-order valence-corrected chi connectivity index (χ0v) is 17.8. The maximum absolute atomic E-state index is 14.1. The topological polar surface area (TPSA) is 55.9 Å². The Hall–Kier alpha value is -3.00. The molecule has 6 nitrogen and oxygen atoms in total. The lowest BCUT2D eigenvalue weighted by molar-refractivity contribution is -0.118. The molecule has 0 bridgehead atoms. The van der Waals surface area contributed by atoms with E-state index in [0.717, 1.165) is 55.8 Å². The van der Waals surface area contributed by atoms with Crippen molar-refractivity contribution in [3.63, 3.8) is 0 Å². The first-order valence-electron chi connectivity index (χ1n) is 11.1. The van der Waals surface area contributed by atoms with Crippen LogP contribution in [-0.2, 0) is 4.79 Å². The molecule has 0 spiro atoms. The number of unbranched alkanes of at least 4 members (excludes halogenated alkanes) is 1. The molecule has 2 fully saturated rings. The van der Waals surface area contributed by atoms with E-state index in [0.29, 0.717) is 6.54 Å². The van der Waals surface area contributed by atoms with E-state index in [1.807, 2.05) is 6.07 Å². The average molecular weight is 440 g/mol. The van der Waals surface area contributed by atoms with Gasteiger partial charge in [-0.05, 0) is 73.8 Å². The summed E-state index contributed by atoms with van der Waals surface area (Å²) in [6.45, 7) is 3.38.